The van der Waals surface area contributed by atoms with E-state index < -0.39 is 0 Å². The highest BCUT2D eigenvalue weighted by Gasteiger charge is 2.19. The van der Waals surface area contributed by atoms with Crippen molar-refractivity contribution in [3.05, 3.63) is 59.4 Å². The summed E-state index contributed by atoms with van der Waals surface area (Å²) in [5.74, 6) is 2.44. The van der Waals surface area contributed by atoms with Crippen LogP contribution < -0.4 is 0 Å². The SMILES string of the molecule is C/C=C/C1CCC(CCc2cnc(-c3ccc(Cl)cc3)nc2)CC1. The molecule has 0 radical (unpaired) electrons. The molecule has 24 heavy (non-hydrogen) atoms. The Hall–Kier alpha value is -1.67. The van der Waals surface area contributed by atoms with Crippen molar-refractivity contribution in [2.24, 2.45) is 11.8 Å². The molecule has 3 rings (SSSR count). The lowest BCUT2D eigenvalue weighted by molar-refractivity contribution is 0.296. The van der Waals surface area contributed by atoms with Gasteiger partial charge in [-0.1, -0.05) is 23.8 Å². The van der Waals surface area contributed by atoms with Crippen LogP contribution in [-0.4, -0.2) is 9.97 Å². The molecule has 1 saturated carbocycles. The zero-order valence-electron chi connectivity index (χ0n) is 14.3. The summed E-state index contributed by atoms with van der Waals surface area (Å²) in [6.07, 6.45) is 16.3. The summed E-state index contributed by atoms with van der Waals surface area (Å²) < 4.78 is 0. The first-order valence-corrected chi connectivity index (χ1v) is 9.32. The summed E-state index contributed by atoms with van der Waals surface area (Å²) in [5, 5.41) is 0.736. The van der Waals surface area contributed by atoms with E-state index >= 15 is 0 Å². The largest absolute Gasteiger partial charge is 0.236 e. The smallest absolute Gasteiger partial charge is 0.159 e. The van der Waals surface area contributed by atoms with Gasteiger partial charge in [-0.3, -0.25) is 0 Å². The first-order chi connectivity index (χ1) is 11.7. The number of benzene rings is 1. The van der Waals surface area contributed by atoms with Gasteiger partial charge in [0.2, 0.25) is 0 Å². The lowest BCUT2D eigenvalue weighted by Gasteiger charge is -2.26. The van der Waals surface area contributed by atoms with E-state index in [1.54, 1.807) is 0 Å². The summed E-state index contributed by atoms with van der Waals surface area (Å²) in [4.78, 5) is 9.03. The Balaban J connectivity index is 1.51. The number of nitrogens with zero attached hydrogens (tertiary/aromatic N) is 2. The number of allylic oxidation sites excluding steroid dienone is 2. The van der Waals surface area contributed by atoms with Gasteiger partial charge < -0.3 is 0 Å². The summed E-state index contributed by atoms with van der Waals surface area (Å²) in [7, 11) is 0. The molecular formula is C21H25ClN2. The topological polar surface area (TPSA) is 25.8 Å². The van der Waals surface area contributed by atoms with Crippen molar-refractivity contribution in [2.45, 2.75) is 45.4 Å². The van der Waals surface area contributed by atoms with Crippen molar-refractivity contribution >= 4 is 11.6 Å². The van der Waals surface area contributed by atoms with Crippen LogP contribution in [0.4, 0.5) is 0 Å². The molecule has 1 heterocycles. The van der Waals surface area contributed by atoms with Crippen LogP contribution in [-0.2, 0) is 6.42 Å². The molecule has 0 saturated heterocycles. The van der Waals surface area contributed by atoms with Crippen molar-refractivity contribution in [1.29, 1.82) is 0 Å². The number of hydrogen-bond donors (Lipinski definition) is 0. The minimum Gasteiger partial charge on any atom is -0.236 e. The highest BCUT2D eigenvalue weighted by atomic mass is 35.5. The van der Waals surface area contributed by atoms with E-state index in [0.717, 1.165) is 34.7 Å². The molecule has 3 heteroatoms. The Morgan fingerprint density at radius 1 is 1.04 bits per heavy atom. The van der Waals surface area contributed by atoms with Crippen LogP contribution in [0.5, 0.6) is 0 Å². The standard InChI is InChI=1S/C21H25ClN2/c1-2-3-16-4-6-17(7-5-16)8-9-18-14-23-21(24-15-18)19-10-12-20(22)13-11-19/h2-3,10-17H,4-9H2,1H3/b3-2+. The van der Waals surface area contributed by atoms with Crippen LogP contribution in [0, 0.1) is 11.8 Å². The van der Waals surface area contributed by atoms with Gasteiger partial charge in [-0.2, -0.15) is 0 Å². The fourth-order valence-corrected chi connectivity index (χ4v) is 3.67. The summed E-state index contributed by atoms with van der Waals surface area (Å²) in [6, 6.07) is 7.66. The van der Waals surface area contributed by atoms with Gasteiger partial charge in [0.15, 0.2) is 5.82 Å². The average molecular weight is 341 g/mol. The molecular weight excluding hydrogens is 316 g/mol. The van der Waals surface area contributed by atoms with Crippen LogP contribution in [0.2, 0.25) is 5.02 Å². The maximum atomic E-state index is 5.92. The van der Waals surface area contributed by atoms with Crippen LogP contribution in [0.25, 0.3) is 11.4 Å². The highest BCUT2D eigenvalue weighted by molar-refractivity contribution is 6.30. The van der Waals surface area contributed by atoms with Gasteiger partial charge in [0.25, 0.3) is 0 Å². The molecule has 0 atom stereocenters. The van der Waals surface area contributed by atoms with Gasteiger partial charge >= 0.3 is 0 Å². The summed E-state index contributed by atoms with van der Waals surface area (Å²) >= 11 is 5.92. The van der Waals surface area contributed by atoms with E-state index in [1.807, 2.05) is 36.7 Å². The minimum absolute atomic E-state index is 0.736. The second kappa shape index (κ2) is 8.43. The Labute approximate surface area is 150 Å². The number of aromatic nitrogens is 2. The molecule has 0 unspecified atom stereocenters. The minimum atomic E-state index is 0.736. The van der Waals surface area contributed by atoms with Crippen molar-refractivity contribution in [3.8, 4) is 11.4 Å². The normalized spacial score (nSPS) is 21.2. The van der Waals surface area contributed by atoms with Crippen LogP contribution >= 0.6 is 11.6 Å². The molecule has 0 bridgehead atoms. The molecule has 1 aromatic carbocycles. The van der Waals surface area contributed by atoms with Gasteiger partial charge in [-0.25, -0.2) is 9.97 Å². The zero-order chi connectivity index (χ0) is 16.8. The highest BCUT2D eigenvalue weighted by Crippen LogP contribution is 2.32. The van der Waals surface area contributed by atoms with Crippen LogP contribution in [0.3, 0.4) is 0 Å². The summed E-state index contributed by atoms with van der Waals surface area (Å²) in [5.41, 5.74) is 2.25. The number of aryl methyl sites for hydroxylation is 1. The number of rotatable bonds is 5. The summed E-state index contributed by atoms with van der Waals surface area (Å²) in [6.45, 7) is 2.12. The van der Waals surface area contributed by atoms with Crippen molar-refractivity contribution in [2.75, 3.05) is 0 Å². The van der Waals surface area contributed by atoms with E-state index in [-0.39, 0.29) is 0 Å². The van der Waals surface area contributed by atoms with Gasteiger partial charge in [0, 0.05) is 23.0 Å². The molecule has 0 N–H and O–H groups in total. The van der Waals surface area contributed by atoms with E-state index in [0.29, 0.717) is 0 Å². The average Bonchev–Trinajstić information content (AvgIpc) is 2.63. The third-order valence-corrected chi connectivity index (χ3v) is 5.26. The van der Waals surface area contributed by atoms with Crippen LogP contribution in [0.15, 0.2) is 48.8 Å². The first-order valence-electron chi connectivity index (χ1n) is 8.94. The Morgan fingerprint density at radius 3 is 2.33 bits per heavy atom. The van der Waals surface area contributed by atoms with Crippen LogP contribution in [0.1, 0.15) is 44.6 Å². The maximum absolute atomic E-state index is 5.92. The third-order valence-electron chi connectivity index (χ3n) is 5.01. The van der Waals surface area contributed by atoms with Gasteiger partial charge in [0.05, 0.1) is 0 Å². The molecule has 0 aliphatic heterocycles. The Morgan fingerprint density at radius 2 is 1.71 bits per heavy atom. The second-order valence-electron chi connectivity index (χ2n) is 6.77. The zero-order valence-corrected chi connectivity index (χ0v) is 15.0. The van der Waals surface area contributed by atoms with Crippen molar-refractivity contribution in [3.63, 3.8) is 0 Å². The monoisotopic (exact) mass is 340 g/mol. The fourth-order valence-electron chi connectivity index (χ4n) is 3.54. The third kappa shape index (κ3) is 4.67. The number of hydrogen-bond acceptors (Lipinski definition) is 2. The Bertz CT molecular complexity index is 653. The molecule has 0 amide bonds. The van der Waals surface area contributed by atoms with Gasteiger partial charge in [-0.05, 0) is 87.1 Å². The van der Waals surface area contributed by atoms with Gasteiger partial charge in [-0.15, -0.1) is 0 Å². The molecule has 2 nitrogen and oxygen atoms in total. The van der Waals surface area contributed by atoms with Gasteiger partial charge in [0.1, 0.15) is 0 Å². The molecule has 1 aliphatic carbocycles. The first kappa shape index (κ1) is 17.2. The molecule has 0 spiro atoms. The van der Waals surface area contributed by atoms with E-state index in [9.17, 15) is 0 Å². The van der Waals surface area contributed by atoms with Crippen molar-refractivity contribution < 1.29 is 0 Å². The van der Waals surface area contributed by atoms with E-state index in [4.69, 9.17) is 11.6 Å². The molecule has 2 aromatic rings. The number of halogens is 1. The maximum Gasteiger partial charge on any atom is 0.159 e. The molecule has 1 aliphatic rings. The molecule has 1 fully saturated rings. The predicted octanol–water partition coefficient (Wildman–Crippen LogP) is 6.11. The fraction of sp³-hybridized carbons (Fsp3) is 0.429. The second-order valence-corrected chi connectivity index (χ2v) is 7.20. The van der Waals surface area contributed by atoms with E-state index in [2.05, 4.69) is 29.0 Å². The lowest BCUT2D eigenvalue weighted by Crippen LogP contribution is -2.13. The quantitative estimate of drug-likeness (QED) is 0.613. The van der Waals surface area contributed by atoms with Crippen molar-refractivity contribution in [1.82, 2.24) is 9.97 Å². The van der Waals surface area contributed by atoms with E-state index in [1.165, 1.54) is 37.7 Å². The molecule has 126 valence electrons. The Kier molecular flexibility index (Phi) is 6.03. The molecule has 1 aromatic heterocycles. The predicted molar refractivity (Wildman–Crippen MR) is 101 cm³/mol. The lowest BCUT2D eigenvalue weighted by atomic mass is 9.79.